The van der Waals surface area contributed by atoms with Crippen LogP contribution in [0, 0.1) is 0 Å². The van der Waals surface area contributed by atoms with Crippen molar-refractivity contribution in [3.63, 3.8) is 0 Å². The first-order chi connectivity index (χ1) is 14.4. The molecule has 5 rings (SSSR count). The predicted octanol–water partition coefficient (Wildman–Crippen LogP) is 3.41. The molecular weight excluding hydrogens is 388 g/mol. The topological polar surface area (TPSA) is 83.5 Å². The zero-order valence-corrected chi connectivity index (χ0v) is 17.0. The molecule has 0 radical (unpaired) electrons. The van der Waals surface area contributed by atoms with E-state index in [9.17, 15) is 9.90 Å². The van der Waals surface area contributed by atoms with Crippen LogP contribution in [0.2, 0.25) is 0 Å². The molecule has 7 heteroatoms. The molecule has 0 bridgehead atoms. The highest BCUT2D eigenvalue weighted by Gasteiger charge is 2.47. The SMILES string of the molecule is C=C(C)[C@H]1Cc2c(cc(O)c3c2O[C@@H]2COc4cc(OC)c(OC)cc4[C@@H]2C3=O)O1. The van der Waals surface area contributed by atoms with Crippen molar-refractivity contribution in [3.8, 4) is 34.5 Å². The fourth-order valence-electron chi connectivity index (χ4n) is 4.42. The van der Waals surface area contributed by atoms with Gasteiger partial charge in [-0.1, -0.05) is 6.58 Å². The number of phenolic OH excluding ortho intramolecular Hbond substituents is 1. The molecule has 0 fully saturated rings. The third kappa shape index (κ3) is 2.54. The lowest BCUT2D eigenvalue weighted by atomic mass is 9.80. The average molecular weight is 410 g/mol. The van der Waals surface area contributed by atoms with E-state index in [2.05, 4.69) is 6.58 Å². The first kappa shape index (κ1) is 18.7. The maximum atomic E-state index is 13.6. The number of Topliss-reactive ketones (excluding diaryl/α,β-unsaturated/α-hetero) is 1. The Labute approximate surface area is 173 Å². The van der Waals surface area contributed by atoms with Gasteiger partial charge in [-0.2, -0.15) is 0 Å². The number of aromatic hydroxyl groups is 1. The average Bonchev–Trinajstić information content (AvgIpc) is 3.16. The number of benzene rings is 2. The summed E-state index contributed by atoms with van der Waals surface area (Å²) in [6.45, 7) is 6.04. The Morgan fingerprint density at radius 3 is 2.57 bits per heavy atom. The predicted molar refractivity (Wildman–Crippen MR) is 108 cm³/mol. The van der Waals surface area contributed by atoms with Crippen molar-refractivity contribution in [2.24, 2.45) is 0 Å². The van der Waals surface area contributed by atoms with Gasteiger partial charge < -0.3 is 28.8 Å². The lowest BCUT2D eigenvalue weighted by Gasteiger charge is -2.37. The van der Waals surface area contributed by atoms with Crippen LogP contribution in [-0.4, -0.2) is 43.9 Å². The van der Waals surface area contributed by atoms with E-state index in [4.69, 9.17) is 23.7 Å². The maximum absolute atomic E-state index is 13.6. The zero-order chi connectivity index (χ0) is 21.2. The number of methoxy groups -OCH3 is 2. The second-order valence-electron chi connectivity index (χ2n) is 7.79. The molecule has 7 nitrogen and oxygen atoms in total. The summed E-state index contributed by atoms with van der Waals surface area (Å²) in [6.07, 6.45) is -0.187. The van der Waals surface area contributed by atoms with E-state index >= 15 is 0 Å². The number of rotatable bonds is 3. The number of fused-ring (bicyclic) bond motifs is 6. The second kappa shape index (κ2) is 6.58. The Hall–Kier alpha value is -3.35. The molecule has 0 unspecified atom stereocenters. The molecule has 1 N–H and O–H groups in total. The van der Waals surface area contributed by atoms with E-state index in [1.807, 2.05) is 6.92 Å². The van der Waals surface area contributed by atoms with Crippen molar-refractivity contribution in [3.05, 3.63) is 47.0 Å². The fraction of sp³-hybridized carbons (Fsp3) is 0.348. The van der Waals surface area contributed by atoms with Crippen molar-refractivity contribution in [1.82, 2.24) is 0 Å². The number of hydrogen-bond donors (Lipinski definition) is 1. The first-order valence-corrected chi connectivity index (χ1v) is 9.73. The van der Waals surface area contributed by atoms with Crippen molar-refractivity contribution in [1.29, 1.82) is 0 Å². The fourth-order valence-corrected chi connectivity index (χ4v) is 4.42. The Morgan fingerprint density at radius 2 is 1.87 bits per heavy atom. The minimum absolute atomic E-state index is 0.150. The number of ketones is 1. The highest BCUT2D eigenvalue weighted by atomic mass is 16.5. The molecule has 30 heavy (non-hydrogen) atoms. The van der Waals surface area contributed by atoms with Crippen molar-refractivity contribution in [2.75, 3.05) is 20.8 Å². The standard InChI is InChI=1S/C23H22O7/c1-10(2)14-6-12-16(29-14)7-13(24)21-22(25)20-11-5-17(26-3)18(27-4)8-15(11)28-9-19(20)30-23(12)21/h5,7-8,14,19-20,24H,1,6,9H2,2-4H3/t14-,19-,20+/m1/s1. The molecular formula is C23H22O7. The van der Waals surface area contributed by atoms with E-state index in [0.29, 0.717) is 40.7 Å². The minimum Gasteiger partial charge on any atom is -0.507 e. The molecule has 0 amide bonds. The lowest BCUT2D eigenvalue weighted by Crippen LogP contribution is -2.43. The quantitative estimate of drug-likeness (QED) is 0.777. The smallest absolute Gasteiger partial charge is 0.181 e. The Kier molecular flexibility index (Phi) is 4.10. The van der Waals surface area contributed by atoms with Gasteiger partial charge in [-0.15, -0.1) is 0 Å². The largest absolute Gasteiger partial charge is 0.507 e. The molecule has 0 aliphatic carbocycles. The highest BCUT2D eigenvalue weighted by molar-refractivity contribution is 6.08. The Morgan fingerprint density at radius 1 is 1.13 bits per heavy atom. The molecule has 2 aromatic carbocycles. The number of ether oxygens (including phenoxy) is 5. The van der Waals surface area contributed by atoms with E-state index in [-0.39, 0.29) is 29.8 Å². The third-order valence-electron chi connectivity index (χ3n) is 5.95. The summed E-state index contributed by atoms with van der Waals surface area (Å²) in [5.41, 5.74) is 2.48. The van der Waals surface area contributed by atoms with Crippen LogP contribution in [-0.2, 0) is 6.42 Å². The summed E-state index contributed by atoms with van der Waals surface area (Å²) < 4.78 is 28.8. The van der Waals surface area contributed by atoms with Gasteiger partial charge in [0.25, 0.3) is 0 Å². The molecule has 0 spiro atoms. The molecule has 0 saturated carbocycles. The van der Waals surface area contributed by atoms with Crippen molar-refractivity contribution >= 4 is 5.78 Å². The first-order valence-electron chi connectivity index (χ1n) is 9.73. The molecule has 3 aliphatic heterocycles. The maximum Gasteiger partial charge on any atom is 0.181 e. The molecule has 156 valence electrons. The van der Waals surface area contributed by atoms with Crippen LogP contribution in [0.5, 0.6) is 34.5 Å². The summed E-state index contributed by atoms with van der Waals surface area (Å²) in [7, 11) is 3.08. The van der Waals surface area contributed by atoms with E-state index in [1.54, 1.807) is 19.2 Å². The van der Waals surface area contributed by atoms with Crippen LogP contribution in [0.1, 0.15) is 34.3 Å². The van der Waals surface area contributed by atoms with Gasteiger partial charge in [-0.05, 0) is 18.6 Å². The van der Waals surface area contributed by atoms with Crippen LogP contribution in [0.3, 0.4) is 0 Å². The minimum atomic E-state index is -0.621. The van der Waals surface area contributed by atoms with Gasteiger partial charge in [0.1, 0.15) is 47.4 Å². The van der Waals surface area contributed by atoms with Gasteiger partial charge in [0.05, 0.1) is 20.1 Å². The summed E-state index contributed by atoms with van der Waals surface area (Å²) in [5, 5.41) is 10.7. The molecule has 3 aliphatic rings. The monoisotopic (exact) mass is 410 g/mol. The normalized spacial score (nSPS) is 23.0. The van der Waals surface area contributed by atoms with Crippen LogP contribution in [0.25, 0.3) is 0 Å². The second-order valence-corrected chi connectivity index (χ2v) is 7.79. The van der Waals surface area contributed by atoms with Crippen LogP contribution in [0.4, 0.5) is 0 Å². The molecule has 0 aromatic heterocycles. The lowest BCUT2D eigenvalue weighted by molar-refractivity contribution is 0.0549. The van der Waals surface area contributed by atoms with Crippen LogP contribution >= 0.6 is 0 Å². The van der Waals surface area contributed by atoms with Crippen molar-refractivity contribution < 1.29 is 33.6 Å². The van der Waals surface area contributed by atoms with E-state index in [1.165, 1.54) is 13.2 Å². The number of carbonyl (C=O) groups is 1. The number of carbonyl (C=O) groups excluding carboxylic acids is 1. The molecule has 2 aromatic rings. The third-order valence-corrected chi connectivity index (χ3v) is 5.95. The molecule has 3 atom stereocenters. The van der Waals surface area contributed by atoms with Crippen LogP contribution in [0.15, 0.2) is 30.4 Å². The zero-order valence-electron chi connectivity index (χ0n) is 17.0. The van der Waals surface area contributed by atoms with Gasteiger partial charge in [0.2, 0.25) is 0 Å². The summed E-state index contributed by atoms with van der Waals surface area (Å²) in [6, 6.07) is 4.94. The summed E-state index contributed by atoms with van der Waals surface area (Å²) in [5.74, 6) is 1.48. The molecule has 0 saturated heterocycles. The van der Waals surface area contributed by atoms with Gasteiger partial charge in [0, 0.05) is 29.7 Å². The number of hydrogen-bond acceptors (Lipinski definition) is 7. The van der Waals surface area contributed by atoms with E-state index < -0.39 is 12.0 Å². The Bertz CT molecular complexity index is 1090. The van der Waals surface area contributed by atoms with Gasteiger partial charge >= 0.3 is 0 Å². The van der Waals surface area contributed by atoms with Gasteiger partial charge in [-0.3, -0.25) is 4.79 Å². The summed E-state index contributed by atoms with van der Waals surface area (Å²) in [4.78, 5) is 13.6. The highest BCUT2D eigenvalue weighted by Crippen LogP contribution is 2.52. The van der Waals surface area contributed by atoms with Gasteiger partial charge in [-0.25, -0.2) is 0 Å². The van der Waals surface area contributed by atoms with Gasteiger partial charge in [0.15, 0.2) is 17.3 Å². The molecule has 3 heterocycles. The van der Waals surface area contributed by atoms with Crippen molar-refractivity contribution in [2.45, 2.75) is 31.5 Å². The van der Waals surface area contributed by atoms with Crippen LogP contribution < -0.4 is 23.7 Å². The Balaban J connectivity index is 1.62. The van der Waals surface area contributed by atoms with E-state index in [0.717, 1.165) is 11.1 Å². The summed E-state index contributed by atoms with van der Waals surface area (Å²) >= 11 is 0. The number of phenols is 1.